The number of hydrogen-bond donors (Lipinski definition) is 0. The normalized spacial score (nSPS) is 19.6. The van der Waals surface area contributed by atoms with Crippen LogP contribution in [0.15, 0.2) is 34.9 Å². The lowest BCUT2D eigenvalue weighted by atomic mass is 9.76. The molecule has 2 aromatic rings. The van der Waals surface area contributed by atoms with Crippen molar-refractivity contribution in [3.05, 3.63) is 53.0 Å². The Balaban J connectivity index is 1.55. The number of hydrogen-bond acceptors (Lipinski definition) is 5. The van der Waals surface area contributed by atoms with Gasteiger partial charge in [-0.3, -0.25) is 9.59 Å². The number of benzene rings is 1. The van der Waals surface area contributed by atoms with Crippen LogP contribution in [-0.2, 0) is 11.0 Å². The number of carbonyl (C=O) groups excluding carboxylic acids is 2. The van der Waals surface area contributed by atoms with Crippen LogP contribution < -0.4 is 4.90 Å². The van der Waals surface area contributed by atoms with Crippen molar-refractivity contribution in [3.63, 3.8) is 0 Å². The SMILES string of the molecule is Cc1occc1C(=O)N1CC2(CCN(c3ccc(C#N)c(C(F)(F)F)c3)CC2)CC1C(=O)N(C)C. The standard InChI is InChI=1S/C25H27F3N4O3/c1-16-19(6-11-35-16)22(33)32-15-24(13-21(32)23(34)30(2)3)7-9-31(10-8-24)18-5-4-17(14-29)20(12-18)25(26,27)28/h4-6,11-12,21H,7-10,13,15H2,1-3H3. The van der Waals surface area contributed by atoms with E-state index in [1.165, 1.54) is 23.3 Å². The average Bonchev–Trinajstić information content (AvgIpc) is 3.41. The first-order chi connectivity index (χ1) is 16.5. The molecule has 186 valence electrons. The van der Waals surface area contributed by atoms with Gasteiger partial charge in [-0.15, -0.1) is 0 Å². The molecule has 4 rings (SSSR count). The van der Waals surface area contributed by atoms with E-state index in [9.17, 15) is 22.8 Å². The number of nitrogens with zero attached hydrogens (tertiary/aromatic N) is 4. The number of likely N-dealkylation sites (tertiary alicyclic amines) is 1. The van der Waals surface area contributed by atoms with E-state index in [2.05, 4.69) is 0 Å². The van der Waals surface area contributed by atoms with Crippen LogP contribution in [-0.4, -0.2) is 61.4 Å². The number of anilines is 1. The fraction of sp³-hybridized carbons (Fsp3) is 0.480. The molecule has 0 saturated carbocycles. The fourth-order valence-electron chi connectivity index (χ4n) is 5.21. The molecule has 35 heavy (non-hydrogen) atoms. The molecule has 2 aliphatic heterocycles. The van der Waals surface area contributed by atoms with E-state index in [1.807, 2.05) is 4.90 Å². The summed E-state index contributed by atoms with van der Waals surface area (Å²) in [6, 6.07) is 6.38. The molecule has 1 unspecified atom stereocenters. The van der Waals surface area contributed by atoms with E-state index < -0.39 is 23.3 Å². The molecule has 2 saturated heterocycles. The summed E-state index contributed by atoms with van der Waals surface area (Å²) in [5.41, 5.74) is -0.818. The van der Waals surface area contributed by atoms with E-state index in [1.54, 1.807) is 38.1 Å². The summed E-state index contributed by atoms with van der Waals surface area (Å²) < 4.78 is 45.6. The third-order valence-corrected chi connectivity index (χ3v) is 7.20. The Morgan fingerprint density at radius 2 is 1.89 bits per heavy atom. The topological polar surface area (TPSA) is 80.8 Å². The highest BCUT2D eigenvalue weighted by atomic mass is 19.4. The second-order valence-corrected chi connectivity index (χ2v) is 9.60. The number of furan rings is 1. The van der Waals surface area contributed by atoms with Crippen LogP contribution in [0.25, 0.3) is 0 Å². The second kappa shape index (κ2) is 8.95. The summed E-state index contributed by atoms with van der Waals surface area (Å²) in [6.45, 7) is 3.07. The number of piperidine rings is 1. The maximum atomic E-state index is 13.4. The van der Waals surface area contributed by atoms with Crippen molar-refractivity contribution in [1.29, 1.82) is 5.26 Å². The van der Waals surface area contributed by atoms with Crippen LogP contribution in [0, 0.1) is 23.7 Å². The van der Waals surface area contributed by atoms with E-state index >= 15 is 0 Å². The molecule has 0 aliphatic carbocycles. The Morgan fingerprint density at radius 3 is 2.43 bits per heavy atom. The Labute approximate surface area is 201 Å². The van der Waals surface area contributed by atoms with Crippen LogP contribution in [0.3, 0.4) is 0 Å². The van der Waals surface area contributed by atoms with Crippen molar-refractivity contribution in [2.24, 2.45) is 5.41 Å². The van der Waals surface area contributed by atoms with Crippen molar-refractivity contribution in [1.82, 2.24) is 9.80 Å². The van der Waals surface area contributed by atoms with E-state index in [0.29, 0.717) is 55.9 Å². The zero-order valence-corrected chi connectivity index (χ0v) is 19.9. The number of nitriles is 1. The number of halogens is 3. The molecule has 2 fully saturated rings. The minimum absolute atomic E-state index is 0.152. The fourth-order valence-corrected chi connectivity index (χ4v) is 5.21. The first-order valence-corrected chi connectivity index (χ1v) is 11.4. The molecule has 1 spiro atoms. The molecule has 2 aliphatic rings. The van der Waals surface area contributed by atoms with Gasteiger partial charge in [-0.1, -0.05) is 0 Å². The predicted octanol–water partition coefficient (Wildman–Crippen LogP) is 4.07. The van der Waals surface area contributed by atoms with E-state index in [4.69, 9.17) is 9.68 Å². The summed E-state index contributed by atoms with van der Waals surface area (Å²) in [4.78, 5) is 31.3. The molecular weight excluding hydrogens is 461 g/mol. The van der Waals surface area contributed by atoms with Gasteiger partial charge in [-0.05, 0) is 55.9 Å². The number of amides is 2. The molecular formula is C25H27F3N4O3. The summed E-state index contributed by atoms with van der Waals surface area (Å²) in [6.07, 6.45) is -1.42. The van der Waals surface area contributed by atoms with Gasteiger partial charge >= 0.3 is 6.18 Å². The van der Waals surface area contributed by atoms with Crippen LogP contribution >= 0.6 is 0 Å². The molecule has 3 heterocycles. The van der Waals surface area contributed by atoms with Gasteiger partial charge in [0.2, 0.25) is 5.91 Å². The highest BCUT2D eigenvalue weighted by Gasteiger charge is 2.50. The van der Waals surface area contributed by atoms with Gasteiger partial charge in [-0.2, -0.15) is 18.4 Å². The molecule has 7 nitrogen and oxygen atoms in total. The third-order valence-electron chi connectivity index (χ3n) is 7.20. The highest BCUT2D eigenvalue weighted by Crippen LogP contribution is 2.45. The van der Waals surface area contributed by atoms with Gasteiger partial charge in [-0.25, -0.2) is 0 Å². The highest BCUT2D eigenvalue weighted by molar-refractivity contribution is 5.98. The maximum absolute atomic E-state index is 13.4. The van der Waals surface area contributed by atoms with Crippen LogP contribution in [0.5, 0.6) is 0 Å². The number of rotatable bonds is 3. The first kappa shape index (κ1) is 24.6. The summed E-state index contributed by atoms with van der Waals surface area (Å²) in [5.74, 6) is 0.0847. The van der Waals surface area contributed by atoms with Crippen LogP contribution in [0.4, 0.5) is 18.9 Å². The Kier molecular flexibility index (Phi) is 6.30. The molecule has 0 radical (unpaired) electrons. The van der Waals surface area contributed by atoms with Crippen LogP contribution in [0.2, 0.25) is 0 Å². The van der Waals surface area contributed by atoms with Gasteiger partial charge in [0.25, 0.3) is 5.91 Å². The second-order valence-electron chi connectivity index (χ2n) is 9.60. The minimum Gasteiger partial charge on any atom is -0.469 e. The van der Waals surface area contributed by atoms with Crippen molar-refractivity contribution < 1.29 is 27.2 Å². The van der Waals surface area contributed by atoms with Crippen molar-refractivity contribution in [2.45, 2.75) is 38.4 Å². The van der Waals surface area contributed by atoms with Gasteiger partial charge in [0.1, 0.15) is 11.8 Å². The zero-order valence-electron chi connectivity index (χ0n) is 19.9. The summed E-state index contributed by atoms with van der Waals surface area (Å²) in [5, 5.41) is 9.05. The molecule has 1 aromatic carbocycles. The molecule has 10 heteroatoms. The quantitative estimate of drug-likeness (QED) is 0.651. The summed E-state index contributed by atoms with van der Waals surface area (Å²) >= 11 is 0. The number of carbonyl (C=O) groups is 2. The molecule has 1 atom stereocenters. The van der Waals surface area contributed by atoms with Gasteiger partial charge in [0, 0.05) is 39.4 Å². The van der Waals surface area contributed by atoms with Gasteiger partial charge < -0.3 is 19.1 Å². The lowest BCUT2D eigenvalue weighted by molar-refractivity contribution is -0.137. The molecule has 1 aromatic heterocycles. The van der Waals surface area contributed by atoms with Gasteiger partial charge in [0.05, 0.1) is 29.0 Å². The number of alkyl halides is 3. The smallest absolute Gasteiger partial charge is 0.417 e. The van der Waals surface area contributed by atoms with Crippen molar-refractivity contribution in [2.75, 3.05) is 38.6 Å². The number of likely N-dealkylation sites (N-methyl/N-ethyl adjacent to an activating group) is 1. The Bertz CT molecular complexity index is 1170. The first-order valence-electron chi connectivity index (χ1n) is 11.4. The number of aryl methyl sites for hydroxylation is 1. The molecule has 0 bridgehead atoms. The lowest BCUT2D eigenvalue weighted by Gasteiger charge is -2.40. The van der Waals surface area contributed by atoms with Crippen molar-refractivity contribution in [3.8, 4) is 6.07 Å². The monoisotopic (exact) mass is 488 g/mol. The van der Waals surface area contributed by atoms with Gasteiger partial charge in [0.15, 0.2) is 0 Å². The van der Waals surface area contributed by atoms with Crippen LogP contribution in [0.1, 0.15) is 46.5 Å². The van der Waals surface area contributed by atoms with E-state index in [-0.39, 0.29) is 17.2 Å². The largest absolute Gasteiger partial charge is 0.469 e. The average molecular weight is 489 g/mol. The maximum Gasteiger partial charge on any atom is 0.417 e. The Hall–Kier alpha value is -3.48. The molecule has 0 N–H and O–H groups in total. The lowest BCUT2D eigenvalue weighted by Crippen LogP contribution is -2.45. The Morgan fingerprint density at radius 1 is 1.20 bits per heavy atom. The van der Waals surface area contributed by atoms with E-state index in [0.717, 1.165) is 6.07 Å². The third kappa shape index (κ3) is 4.59. The van der Waals surface area contributed by atoms with Crippen molar-refractivity contribution >= 4 is 17.5 Å². The predicted molar refractivity (Wildman–Crippen MR) is 122 cm³/mol. The minimum atomic E-state index is -4.62. The summed E-state index contributed by atoms with van der Waals surface area (Å²) in [7, 11) is 3.32. The zero-order chi connectivity index (χ0) is 25.5. The molecule has 2 amide bonds.